The van der Waals surface area contributed by atoms with Gasteiger partial charge < -0.3 is 20.5 Å². The molecule has 0 amide bonds. The molecule has 24 heavy (non-hydrogen) atoms. The van der Waals surface area contributed by atoms with Crippen LogP contribution in [-0.2, 0) is 6.42 Å². The summed E-state index contributed by atoms with van der Waals surface area (Å²) in [5, 5.41) is 3.09. The molecule has 0 bridgehead atoms. The fourth-order valence-corrected chi connectivity index (χ4v) is 2.37. The molecule has 0 spiro atoms. The first kappa shape index (κ1) is 17.7. The molecule has 0 aromatic heterocycles. The number of aliphatic imine (C=N–C) groups is 1. The van der Waals surface area contributed by atoms with Gasteiger partial charge in [0, 0.05) is 12.2 Å². The Hall–Kier alpha value is -2.69. The summed E-state index contributed by atoms with van der Waals surface area (Å²) in [6, 6.07) is 13.8. The second kappa shape index (κ2) is 8.82. The van der Waals surface area contributed by atoms with E-state index in [2.05, 4.69) is 10.3 Å². The van der Waals surface area contributed by atoms with Crippen molar-refractivity contribution in [3.8, 4) is 11.5 Å². The lowest BCUT2D eigenvalue weighted by Crippen LogP contribution is -2.22. The zero-order valence-corrected chi connectivity index (χ0v) is 14.5. The Morgan fingerprint density at radius 2 is 1.83 bits per heavy atom. The number of nitrogens with one attached hydrogen (secondary N) is 1. The molecule has 3 N–H and O–H groups in total. The lowest BCUT2D eigenvalue weighted by Gasteiger charge is -2.10. The number of guanidine groups is 1. The average molecular weight is 327 g/mol. The van der Waals surface area contributed by atoms with Crippen LogP contribution in [-0.4, -0.2) is 26.7 Å². The monoisotopic (exact) mass is 327 g/mol. The summed E-state index contributed by atoms with van der Waals surface area (Å²) in [6.45, 7) is 2.69. The maximum absolute atomic E-state index is 5.92. The third-order valence-corrected chi connectivity index (χ3v) is 3.70. The van der Waals surface area contributed by atoms with Crippen LogP contribution in [0.15, 0.2) is 47.5 Å². The summed E-state index contributed by atoms with van der Waals surface area (Å²) in [7, 11) is 3.33. The predicted molar refractivity (Wildman–Crippen MR) is 99.2 cm³/mol. The minimum atomic E-state index is 0.427. The molecule has 5 heteroatoms. The van der Waals surface area contributed by atoms with E-state index in [1.165, 1.54) is 5.56 Å². The fourth-order valence-electron chi connectivity index (χ4n) is 2.37. The van der Waals surface area contributed by atoms with Gasteiger partial charge in [0.05, 0.1) is 14.2 Å². The molecule has 2 rings (SSSR count). The fraction of sp³-hybridized carbons (Fsp3) is 0.316. The molecule has 0 aliphatic rings. The van der Waals surface area contributed by atoms with Crippen molar-refractivity contribution >= 4 is 11.6 Å². The molecule has 5 nitrogen and oxygen atoms in total. The van der Waals surface area contributed by atoms with Gasteiger partial charge in [0.25, 0.3) is 0 Å². The summed E-state index contributed by atoms with van der Waals surface area (Å²) in [4.78, 5) is 4.37. The first-order valence-corrected chi connectivity index (χ1v) is 7.97. The molecular formula is C19H25N3O2. The van der Waals surface area contributed by atoms with Gasteiger partial charge in [-0.3, -0.25) is 4.99 Å². The van der Waals surface area contributed by atoms with Crippen molar-refractivity contribution < 1.29 is 9.47 Å². The van der Waals surface area contributed by atoms with Crippen LogP contribution in [0, 0.1) is 6.92 Å². The number of ether oxygens (including phenoxy) is 2. The highest BCUT2D eigenvalue weighted by atomic mass is 16.5. The van der Waals surface area contributed by atoms with E-state index >= 15 is 0 Å². The number of anilines is 1. The molecule has 0 saturated carbocycles. The Kier molecular flexibility index (Phi) is 6.49. The van der Waals surface area contributed by atoms with E-state index in [0.29, 0.717) is 12.5 Å². The van der Waals surface area contributed by atoms with Crippen molar-refractivity contribution in [3.63, 3.8) is 0 Å². The lowest BCUT2D eigenvalue weighted by atomic mass is 10.1. The molecule has 0 heterocycles. The largest absolute Gasteiger partial charge is 0.497 e. The molecule has 0 aliphatic heterocycles. The van der Waals surface area contributed by atoms with Crippen molar-refractivity contribution in [1.82, 2.24) is 0 Å². The van der Waals surface area contributed by atoms with E-state index in [1.807, 2.05) is 49.4 Å². The molecule has 0 aliphatic carbocycles. The maximum Gasteiger partial charge on any atom is 0.193 e. The van der Waals surface area contributed by atoms with Crippen molar-refractivity contribution in [2.75, 3.05) is 26.1 Å². The summed E-state index contributed by atoms with van der Waals surface area (Å²) in [5.41, 5.74) is 9.18. The predicted octanol–water partition coefficient (Wildman–Crippen LogP) is 3.37. The Morgan fingerprint density at radius 1 is 1.08 bits per heavy atom. The second-order valence-electron chi connectivity index (χ2n) is 5.54. The Labute approximate surface area is 143 Å². The number of aryl methyl sites for hydroxylation is 2. The van der Waals surface area contributed by atoms with Crippen LogP contribution in [0.2, 0.25) is 0 Å². The lowest BCUT2D eigenvalue weighted by molar-refractivity contribution is 0.398. The normalized spacial score (nSPS) is 11.2. The molecule has 0 atom stereocenters. The molecule has 0 fully saturated rings. The van der Waals surface area contributed by atoms with Crippen LogP contribution in [0.5, 0.6) is 11.5 Å². The molecule has 128 valence electrons. The molecule has 2 aromatic rings. The van der Waals surface area contributed by atoms with Crippen LogP contribution >= 0.6 is 0 Å². The average Bonchev–Trinajstić information content (AvgIpc) is 2.60. The first-order chi connectivity index (χ1) is 11.6. The quantitative estimate of drug-likeness (QED) is 0.465. The number of rotatable bonds is 7. The maximum atomic E-state index is 5.92. The van der Waals surface area contributed by atoms with E-state index < -0.39 is 0 Å². The summed E-state index contributed by atoms with van der Waals surface area (Å²) in [6.07, 6.45) is 1.72. The third-order valence-electron chi connectivity index (χ3n) is 3.70. The third kappa shape index (κ3) is 5.19. The zero-order chi connectivity index (χ0) is 17.4. The molecule has 0 unspecified atom stereocenters. The highest BCUT2D eigenvalue weighted by Gasteiger charge is 2.04. The highest BCUT2D eigenvalue weighted by molar-refractivity contribution is 5.92. The van der Waals surface area contributed by atoms with Crippen molar-refractivity contribution in [2.45, 2.75) is 19.8 Å². The van der Waals surface area contributed by atoms with Gasteiger partial charge >= 0.3 is 0 Å². The number of nitrogens with two attached hydrogens (primary N) is 1. The number of methoxy groups -OCH3 is 2. The standard InChI is InChI=1S/C19H25N3O2/c1-14-6-8-16(9-7-14)22-19(20)21-12-4-5-15-13-17(23-2)10-11-18(15)24-3/h6-11,13H,4-5,12H2,1-3H3,(H3,20,21,22). The van der Waals surface area contributed by atoms with Crippen LogP contribution in [0.4, 0.5) is 5.69 Å². The van der Waals surface area contributed by atoms with Crippen molar-refractivity contribution in [2.24, 2.45) is 10.7 Å². The van der Waals surface area contributed by atoms with E-state index in [4.69, 9.17) is 15.2 Å². The molecule has 2 aromatic carbocycles. The number of benzene rings is 2. The van der Waals surface area contributed by atoms with Crippen molar-refractivity contribution in [1.29, 1.82) is 0 Å². The smallest absolute Gasteiger partial charge is 0.193 e. The number of nitrogens with zero attached hydrogens (tertiary/aromatic N) is 1. The second-order valence-corrected chi connectivity index (χ2v) is 5.54. The van der Waals surface area contributed by atoms with E-state index in [1.54, 1.807) is 14.2 Å². The minimum absolute atomic E-state index is 0.427. The van der Waals surface area contributed by atoms with Gasteiger partial charge in [0.2, 0.25) is 0 Å². The van der Waals surface area contributed by atoms with Gasteiger partial charge in [-0.05, 0) is 55.7 Å². The van der Waals surface area contributed by atoms with Crippen LogP contribution < -0.4 is 20.5 Å². The highest BCUT2D eigenvalue weighted by Crippen LogP contribution is 2.25. The zero-order valence-electron chi connectivity index (χ0n) is 14.5. The minimum Gasteiger partial charge on any atom is -0.497 e. The van der Waals surface area contributed by atoms with E-state index in [0.717, 1.165) is 35.6 Å². The van der Waals surface area contributed by atoms with Gasteiger partial charge in [-0.15, -0.1) is 0 Å². The van der Waals surface area contributed by atoms with Gasteiger partial charge in [-0.2, -0.15) is 0 Å². The van der Waals surface area contributed by atoms with Gasteiger partial charge in [0.1, 0.15) is 11.5 Å². The molecular weight excluding hydrogens is 302 g/mol. The Morgan fingerprint density at radius 3 is 2.50 bits per heavy atom. The number of hydrogen-bond donors (Lipinski definition) is 2. The topological polar surface area (TPSA) is 68.9 Å². The summed E-state index contributed by atoms with van der Waals surface area (Å²) in [5.74, 6) is 2.12. The summed E-state index contributed by atoms with van der Waals surface area (Å²) < 4.78 is 10.6. The molecule has 0 radical (unpaired) electrons. The molecule has 0 saturated heterocycles. The van der Waals surface area contributed by atoms with Crippen LogP contribution in [0.1, 0.15) is 17.5 Å². The first-order valence-electron chi connectivity index (χ1n) is 7.97. The van der Waals surface area contributed by atoms with Gasteiger partial charge in [-0.1, -0.05) is 17.7 Å². The Bertz CT molecular complexity index is 682. The van der Waals surface area contributed by atoms with Crippen LogP contribution in [0.3, 0.4) is 0 Å². The van der Waals surface area contributed by atoms with Crippen molar-refractivity contribution in [3.05, 3.63) is 53.6 Å². The van der Waals surface area contributed by atoms with E-state index in [-0.39, 0.29) is 0 Å². The van der Waals surface area contributed by atoms with Crippen LogP contribution in [0.25, 0.3) is 0 Å². The summed E-state index contributed by atoms with van der Waals surface area (Å²) >= 11 is 0. The van der Waals surface area contributed by atoms with Gasteiger partial charge in [0.15, 0.2) is 5.96 Å². The van der Waals surface area contributed by atoms with Gasteiger partial charge in [-0.25, -0.2) is 0 Å². The number of hydrogen-bond acceptors (Lipinski definition) is 3. The SMILES string of the molecule is COc1ccc(OC)c(CCCN=C(N)Nc2ccc(C)cc2)c1. The van der Waals surface area contributed by atoms with E-state index in [9.17, 15) is 0 Å². The Balaban J connectivity index is 1.86.